The van der Waals surface area contributed by atoms with E-state index in [9.17, 15) is 9.18 Å². The van der Waals surface area contributed by atoms with E-state index < -0.39 is 11.7 Å². The number of amides is 1. The molecular weight excluding hydrogens is 303 g/mol. The van der Waals surface area contributed by atoms with Gasteiger partial charge in [-0.05, 0) is 37.1 Å². The van der Waals surface area contributed by atoms with E-state index in [0.29, 0.717) is 12.4 Å². The number of benzene rings is 1. The van der Waals surface area contributed by atoms with E-state index in [2.05, 4.69) is 15.0 Å². The number of nitrogens with zero attached hydrogens (tertiary/aromatic N) is 3. The van der Waals surface area contributed by atoms with Crippen LogP contribution < -0.4 is 10.5 Å². The van der Waals surface area contributed by atoms with Crippen LogP contribution in [0.2, 0.25) is 0 Å². The maximum absolute atomic E-state index is 13.8. The monoisotopic (exact) mass is 320 g/mol. The first-order valence-corrected chi connectivity index (χ1v) is 7.28. The fraction of sp³-hybridized carbons (Fsp3) is 0.400. The number of methoxy groups -OCH3 is 1. The molecule has 0 radical (unpaired) electrons. The summed E-state index contributed by atoms with van der Waals surface area (Å²) in [6.07, 6.45) is 1.79. The van der Waals surface area contributed by atoms with Crippen LogP contribution in [0.3, 0.4) is 0 Å². The molecule has 0 unspecified atom stereocenters. The van der Waals surface area contributed by atoms with Gasteiger partial charge < -0.3 is 15.0 Å². The van der Waals surface area contributed by atoms with Crippen molar-refractivity contribution in [2.24, 2.45) is 5.73 Å². The third-order valence-corrected chi connectivity index (χ3v) is 3.91. The lowest BCUT2D eigenvalue weighted by molar-refractivity contribution is 0.0987. The summed E-state index contributed by atoms with van der Waals surface area (Å²) in [5, 5.41) is 3.57. The van der Waals surface area contributed by atoms with Crippen LogP contribution in [0.25, 0.3) is 0 Å². The Hall–Kier alpha value is -2.48. The quantitative estimate of drug-likeness (QED) is 0.900. The maximum Gasteiger partial charge on any atom is 0.290 e. The van der Waals surface area contributed by atoms with Gasteiger partial charge in [0.1, 0.15) is 0 Å². The summed E-state index contributed by atoms with van der Waals surface area (Å²) >= 11 is 0. The highest BCUT2D eigenvalue weighted by molar-refractivity contribution is 5.88. The van der Waals surface area contributed by atoms with E-state index in [1.165, 1.54) is 13.2 Å². The molecule has 0 bridgehead atoms. The standard InChI is InChI=1S/C15H17FN4O3/c1-22-12-5-4-9(7-10(12)16)8-20-6-2-3-11(20)15-18-14(13(17)21)19-23-15/h4-5,7,11H,2-3,6,8H2,1H3,(H2,17,21)/t11-/m0/s1. The van der Waals surface area contributed by atoms with E-state index in [0.717, 1.165) is 24.9 Å². The van der Waals surface area contributed by atoms with Crippen LogP contribution >= 0.6 is 0 Å². The van der Waals surface area contributed by atoms with Gasteiger partial charge in [0.15, 0.2) is 11.6 Å². The summed E-state index contributed by atoms with van der Waals surface area (Å²) in [5.41, 5.74) is 5.96. The molecule has 0 spiro atoms. The second-order valence-corrected chi connectivity index (χ2v) is 5.42. The molecule has 0 aliphatic carbocycles. The van der Waals surface area contributed by atoms with Gasteiger partial charge in [-0.15, -0.1) is 0 Å². The zero-order chi connectivity index (χ0) is 16.4. The average molecular weight is 320 g/mol. The molecule has 7 nitrogen and oxygen atoms in total. The summed E-state index contributed by atoms with van der Waals surface area (Å²) in [4.78, 5) is 17.2. The molecule has 2 aromatic rings. The Morgan fingerprint density at radius 2 is 2.39 bits per heavy atom. The van der Waals surface area contributed by atoms with Crippen molar-refractivity contribution < 1.29 is 18.4 Å². The van der Waals surface area contributed by atoms with Gasteiger partial charge in [0.05, 0.1) is 13.2 Å². The molecule has 23 heavy (non-hydrogen) atoms. The van der Waals surface area contributed by atoms with Crippen molar-refractivity contribution >= 4 is 5.91 Å². The summed E-state index contributed by atoms with van der Waals surface area (Å²) < 4.78 is 23.9. The second kappa shape index (κ2) is 6.33. The molecule has 1 aromatic heterocycles. The van der Waals surface area contributed by atoms with Crippen molar-refractivity contribution in [2.75, 3.05) is 13.7 Å². The molecule has 1 amide bonds. The van der Waals surface area contributed by atoms with Crippen molar-refractivity contribution in [3.8, 4) is 5.75 Å². The molecule has 2 N–H and O–H groups in total. The molecule has 122 valence electrons. The third-order valence-electron chi connectivity index (χ3n) is 3.91. The Balaban J connectivity index is 1.76. The number of carbonyl (C=O) groups excluding carboxylic acids is 1. The van der Waals surface area contributed by atoms with Crippen LogP contribution in [-0.4, -0.2) is 34.6 Å². The van der Waals surface area contributed by atoms with E-state index >= 15 is 0 Å². The van der Waals surface area contributed by atoms with Gasteiger partial charge in [0, 0.05) is 6.54 Å². The number of halogens is 1. The molecular formula is C15H17FN4O3. The normalized spacial score (nSPS) is 18.3. The number of rotatable bonds is 5. The van der Waals surface area contributed by atoms with Gasteiger partial charge in [-0.3, -0.25) is 9.69 Å². The SMILES string of the molecule is COc1ccc(CN2CCC[C@H]2c2nc(C(N)=O)no2)cc1F. The first-order chi connectivity index (χ1) is 11.1. The Morgan fingerprint density at radius 1 is 1.57 bits per heavy atom. The van der Waals surface area contributed by atoms with Crippen molar-refractivity contribution in [3.63, 3.8) is 0 Å². The van der Waals surface area contributed by atoms with Crippen LogP contribution in [0.15, 0.2) is 22.7 Å². The highest BCUT2D eigenvalue weighted by Gasteiger charge is 2.31. The van der Waals surface area contributed by atoms with Gasteiger partial charge in [-0.25, -0.2) is 4.39 Å². The summed E-state index contributed by atoms with van der Waals surface area (Å²) in [7, 11) is 1.43. The van der Waals surface area contributed by atoms with Crippen LogP contribution in [0.4, 0.5) is 4.39 Å². The van der Waals surface area contributed by atoms with Gasteiger partial charge in [-0.1, -0.05) is 11.2 Å². The molecule has 1 saturated heterocycles. The van der Waals surface area contributed by atoms with Crippen LogP contribution in [0.1, 0.15) is 41.0 Å². The topological polar surface area (TPSA) is 94.5 Å². The van der Waals surface area contributed by atoms with Crippen LogP contribution in [0.5, 0.6) is 5.75 Å². The number of hydrogen-bond donors (Lipinski definition) is 1. The Labute approximate surface area is 132 Å². The molecule has 8 heteroatoms. The number of aromatic nitrogens is 2. The molecule has 0 saturated carbocycles. The smallest absolute Gasteiger partial charge is 0.290 e. The number of primary amides is 1. The van der Waals surface area contributed by atoms with Gasteiger partial charge >= 0.3 is 0 Å². The highest BCUT2D eigenvalue weighted by atomic mass is 19.1. The third kappa shape index (κ3) is 3.16. The summed E-state index contributed by atoms with van der Waals surface area (Å²) in [5.74, 6) is -0.654. The first-order valence-electron chi connectivity index (χ1n) is 7.28. The number of likely N-dealkylation sites (tertiary alicyclic amines) is 1. The predicted octanol–water partition coefficient (Wildman–Crippen LogP) is 1.65. The van der Waals surface area contributed by atoms with Gasteiger partial charge in [0.25, 0.3) is 11.7 Å². The van der Waals surface area contributed by atoms with E-state index in [1.807, 2.05) is 6.07 Å². The number of nitrogens with two attached hydrogens (primary N) is 1. The van der Waals surface area contributed by atoms with Crippen molar-refractivity contribution in [3.05, 3.63) is 41.3 Å². The lowest BCUT2D eigenvalue weighted by Crippen LogP contribution is -2.23. The lowest BCUT2D eigenvalue weighted by atomic mass is 10.1. The van der Waals surface area contributed by atoms with Crippen molar-refractivity contribution in [1.29, 1.82) is 0 Å². The minimum Gasteiger partial charge on any atom is -0.494 e. The summed E-state index contributed by atoms with van der Waals surface area (Å²) in [6, 6.07) is 4.78. The fourth-order valence-electron chi connectivity index (χ4n) is 2.81. The molecule has 1 atom stereocenters. The predicted molar refractivity (Wildman–Crippen MR) is 78.2 cm³/mol. The highest BCUT2D eigenvalue weighted by Crippen LogP contribution is 2.32. The summed E-state index contributed by atoms with van der Waals surface area (Å²) in [6.45, 7) is 1.37. The average Bonchev–Trinajstić information content (AvgIpc) is 3.16. The molecule has 1 fully saturated rings. The van der Waals surface area contributed by atoms with Gasteiger partial charge in [-0.2, -0.15) is 4.98 Å². The minimum absolute atomic E-state index is 0.0965. The second-order valence-electron chi connectivity index (χ2n) is 5.42. The van der Waals surface area contributed by atoms with E-state index in [1.54, 1.807) is 6.07 Å². The Bertz CT molecular complexity index is 718. The van der Waals surface area contributed by atoms with Crippen LogP contribution in [-0.2, 0) is 6.54 Å². The first kappa shape index (κ1) is 15.4. The largest absolute Gasteiger partial charge is 0.494 e. The number of hydrogen-bond acceptors (Lipinski definition) is 6. The maximum atomic E-state index is 13.8. The minimum atomic E-state index is -0.721. The molecule has 3 rings (SSSR count). The lowest BCUT2D eigenvalue weighted by Gasteiger charge is -2.21. The van der Waals surface area contributed by atoms with Crippen molar-refractivity contribution in [2.45, 2.75) is 25.4 Å². The Morgan fingerprint density at radius 3 is 3.04 bits per heavy atom. The molecule has 2 heterocycles. The zero-order valence-electron chi connectivity index (χ0n) is 12.7. The Kier molecular flexibility index (Phi) is 4.24. The van der Waals surface area contributed by atoms with Crippen molar-refractivity contribution in [1.82, 2.24) is 15.0 Å². The molecule has 1 aliphatic rings. The van der Waals surface area contributed by atoms with E-state index in [4.69, 9.17) is 15.0 Å². The van der Waals surface area contributed by atoms with E-state index in [-0.39, 0.29) is 17.6 Å². The number of carbonyl (C=O) groups is 1. The van der Waals surface area contributed by atoms with Gasteiger partial charge in [0.2, 0.25) is 5.89 Å². The number of ether oxygens (including phenoxy) is 1. The molecule has 1 aromatic carbocycles. The fourth-order valence-corrected chi connectivity index (χ4v) is 2.81. The zero-order valence-corrected chi connectivity index (χ0v) is 12.7. The van der Waals surface area contributed by atoms with Crippen LogP contribution in [0, 0.1) is 5.82 Å². The molecule has 1 aliphatic heterocycles.